The SMILES string of the molecule is O=C(Nc1nnc([C@@H]2CC(=O)N(c3ccc(Cl)cc3)C2)s1)[C@H]1CCCO1. The summed E-state index contributed by atoms with van der Waals surface area (Å²) in [5.74, 6) is -0.183. The van der Waals surface area contributed by atoms with Crippen molar-refractivity contribution in [3.63, 3.8) is 0 Å². The zero-order valence-electron chi connectivity index (χ0n) is 13.9. The summed E-state index contributed by atoms with van der Waals surface area (Å²) < 4.78 is 5.36. The van der Waals surface area contributed by atoms with Gasteiger partial charge in [-0.2, -0.15) is 0 Å². The van der Waals surface area contributed by atoms with E-state index in [9.17, 15) is 9.59 Å². The maximum atomic E-state index is 12.4. The molecule has 0 unspecified atom stereocenters. The second-order valence-electron chi connectivity index (χ2n) is 6.32. The number of hydrogen-bond acceptors (Lipinski definition) is 6. The minimum absolute atomic E-state index is 0.0379. The predicted octanol–water partition coefficient (Wildman–Crippen LogP) is 2.83. The summed E-state index contributed by atoms with van der Waals surface area (Å²) in [5.41, 5.74) is 0.818. The number of amides is 2. The van der Waals surface area contributed by atoms with Crippen LogP contribution in [0.5, 0.6) is 0 Å². The first-order valence-electron chi connectivity index (χ1n) is 8.42. The van der Waals surface area contributed by atoms with E-state index in [1.807, 2.05) is 12.1 Å². The average Bonchev–Trinajstić information content (AvgIpc) is 3.36. The Labute approximate surface area is 159 Å². The van der Waals surface area contributed by atoms with Crippen molar-refractivity contribution < 1.29 is 14.3 Å². The van der Waals surface area contributed by atoms with Gasteiger partial charge in [-0.25, -0.2) is 0 Å². The van der Waals surface area contributed by atoms with Gasteiger partial charge < -0.3 is 9.64 Å². The van der Waals surface area contributed by atoms with Crippen LogP contribution >= 0.6 is 22.9 Å². The molecule has 2 fully saturated rings. The van der Waals surface area contributed by atoms with Crippen LogP contribution in [0.1, 0.15) is 30.2 Å². The maximum Gasteiger partial charge on any atom is 0.255 e. The van der Waals surface area contributed by atoms with Crippen molar-refractivity contribution in [2.24, 2.45) is 0 Å². The number of carbonyl (C=O) groups is 2. The molecule has 2 aliphatic rings. The van der Waals surface area contributed by atoms with Crippen LogP contribution < -0.4 is 10.2 Å². The molecule has 1 aromatic carbocycles. The highest BCUT2D eigenvalue weighted by Crippen LogP contribution is 2.34. The smallest absolute Gasteiger partial charge is 0.255 e. The number of rotatable bonds is 4. The Morgan fingerprint density at radius 2 is 2.12 bits per heavy atom. The van der Waals surface area contributed by atoms with Crippen LogP contribution in [0.2, 0.25) is 5.02 Å². The van der Waals surface area contributed by atoms with Gasteiger partial charge in [-0.1, -0.05) is 22.9 Å². The van der Waals surface area contributed by atoms with Gasteiger partial charge in [-0.3, -0.25) is 14.9 Å². The molecule has 2 saturated heterocycles. The molecule has 0 aliphatic carbocycles. The van der Waals surface area contributed by atoms with E-state index in [0.29, 0.717) is 29.7 Å². The van der Waals surface area contributed by atoms with Crippen molar-refractivity contribution in [2.75, 3.05) is 23.4 Å². The number of benzene rings is 1. The number of nitrogens with one attached hydrogen (secondary N) is 1. The van der Waals surface area contributed by atoms with Gasteiger partial charge in [0.2, 0.25) is 11.0 Å². The molecule has 0 bridgehead atoms. The molecule has 2 atom stereocenters. The third-order valence-electron chi connectivity index (χ3n) is 4.51. The molecule has 1 N–H and O–H groups in total. The summed E-state index contributed by atoms with van der Waals surface area (Å²) in [7, 11) is 0. The molecule has 136 valence electrons. The minimum atomic E-state index is -0.407. The molecule has 0 radical (unpaired) electrons. The summed E-state index contributed by atoms with van der Waals surface area (Å²) in [6, 6.07) is 7.19. The van der Waals surface area contributed by atoms with E-state index in [2.05, 4.69) is 15.5 Å². The molecule has 0 spiro atoms. The van der Waals surface area contributed by atoms with Gasteiger partial charge in [-0.05, 0) is 37.1 Å². The van der Waals surface area contributed by atoms with E-state index in [4.69, 9.17) is 16.3 Å². The highest BCUT2D eigenvalue weighted by atomic mass is 35.5. The molecule has 3 heterocycles. The van der Waals surface area contributed by atoms with Gasteiger partial charge in [0.25, 0.3) is 5.91 Å². The number of carbonyl (C=O) groups excluding carboxylic acids is 2. The van der Waals surface area contributed by atoms with Crippen molar-refractivity contribution in [1.29, 1.82) is 0 Å². The maximum absolute atomic E-state index is 12.4. The van der Waals surface area contributed by atoms with E-state index >= 15 is 0 Å². The molecule has 2 amide bonds. The molecule has 2 aliphatic heterocycles. The Kier molecular flexibility index (Phi) is 4.88. The minimum Gasteiger partial charge on any atom is -0.368 e. The Morgan fingerprint density at radius 3 is 2.85 bits per heavy atom. The summed E-state index contributed by atoms with van der Waals surface area (Å²) >= 11 is 7.22. The lowest BCUT2D eigenvalue weighted by Gasteiger charge is -2.16. The molecular weight excluding hydrogens is 376 g/mol. The molecule has 1 aromatic heterocycles. The fourth-order valence-electron chi connectivity index (χ4n) is 3.16. The number of hydrogen-bond donors (Lipinski definition) is 1. The average molecular weight is 393 g/mol. The standard InChI is InChI=1S/C17H17ClN4O3S/c18-11-3-5-12(6-4-11)22-9-10(8-14(22)23)16-20-21-17(26-16)19-15(24)13-2-1-7-25-13/h3-6,10,13H,1-2,7-9H2,(H,19,21,24)/t10-,13-/m1/s1. The van der Waals surface area contributed by atoms with Gasteiger partial charge in [0.1, 0.15) is 11.1 Å². The zero-order chi connectivity index (χ0) is 18.1. The van der Waals surface area contributed by atoms with Crippen molar-refractivity contribution in [2.45, 2.75) is 31.3 Å². The highest BCUT2D eigenvalue weighted by molar-refractivity contribution is 7.15. The van der Waals surface area contributed by atoms with Crippen LogP contribution in [-0.4, -0.2) is 41.3 Å². The van der Waals surface area contributed by atoms with Gasteiger partial charge in [0.15, 0.2) is 0 Å². The first-order chi connectivity index (χ1) is 12.6. The van der Waals surface area contributed by atoms with Crippen molar-refractivity contribution >= 4 is 45.6 Å². The summed E-state index contributed by atoms with van der Waals surface area (Å²) in [4.78, 5) is 26.2. The lowest BCUT2D eigenvalue weighted by atomic mass is 10.1. The Hall–Kier alpha value is -2.03. The Balaban J connectivity index is 1.42. The number of nitrogens with zero attached hydrogens (tertiary/aromatic N) is 3. The summed E-state index contributed by atoms with van der Waals surface area (Å²) in [5, 5.41) is 12.8. The van der Waals surface area contributed by atoms with Crippen LogP contribution in [0.4, 0.5) is 10.8 Å². The number of anilines is 2. The van der Waals surface area contributed by atoms with Gasteiger partial charge in [0.05, 0.1) is 0 Å². The lowest BCUT2D eigenvalue weighted by molar-refractivity contribution is -0.124. The largest absolute Gasteiger partial charge is 0.368 e. The van der Waals surface area contributed by atoms with Crippen molar-refractivity contribution in [3.8, 4) is 0 Å². The fraction of sp³-hybridized carbons (Fsp3) is 0.412. The predicted molar refractivity (Wildman–Crippen MR) is 98.7 cm³/mol. The molecule has 4 rings (SSSR count). The Bertz CT molecular complexity index is 820. The quantitative estimate of drug-likeness (QED) is 0.864. The van der Waals surface area contributed by atoms with Crippen LogP contribution in [0.15, 0.2) is 24.3 Å². The number of halogens is 1. The summed E-state index contributed by atoms with van der Waals surface area (Å²) in [6.07, 6.45) is 1.59. The summed E-state index contributed by atoms with van der Waals surface area (Å²) in [6.45, 7) is 1.15. The third-order valence-corrected chi connectivity index (χ3v) is 5.76. The van der Waals surface area contributed by atoms with Gasteiger partial charge in [-0.15, -0.1) is 10.2 Å². The lowest BCUT2D eigenvalue weighted by Crippen LogP contribution is -2.26. The topological polar surface area (TPSA) is 84.4 Å². The van der Waals surface area contributed by atoms with Crippen LogP contribution in [-0.2, 0) is 14.3 Å². The first-order valence-corrected chi connectivity index (χ1v) is 9.61. The van der Waals surface area contributed by atoms with Crippen LogP contribution in [0, 0.1) is 0 Å². The second-order valence-corrected chi connectivity index (χ2v) is 7.76. The van der Waals surface area contributed by atoms with Crippen LogP contribution in [0.3, 0.4) is 0 Å². The van der Waals surface area contributed by atoms with E-state index in [-0.39, 0.29) is 17.7 Å². The van der Waals surface area contributed by atoms with E-state index < -0.39 is 6.10 Å². The van der Waals surface area contributed by atoms with Gasteiger partial charge >= 0.3 is 0 Å². The van der Waals surface area contributed by atoms with Gasteiger partial charge in [0, 0.05) is 36.2 Å². The normalized spacial score (nSPS) is 22.8. The molecular formula is C17H17ClN4O3S. The fourth-order valence-corrected chi connectivity index (χ4v) is 4.13. The molecule has 2 aromatic rings. The Morgan fingerprint density at radius 1 is 1.31 bits per heavy atom. The molecule has 26 heavy (non-hydrogen) atoms. The second kappa shape index (κ2) is 7.30. The third kappa shape index (κ3) is 3.58. The van der Waals surface area contributed by atoms with Crippen molar-refractivity contribution in [3.05, 3.63) is 34.3 Å². The van der Waals surface area contributed by atoms with E-state index in [0.717, 1.165) is 23.5 Å². The molecule has 0 saturated carbocycles. The zero-order valence-corrected chi connectivity index (χ0v) is 15.4. The number of ether oxygens (including phenoxy) is 1. The highest BCUT2D eigenvalue weighted by Gasteiger charge is 2.34. The van der Waals surface area contributed by atoms with Crippen LogP contribution in [0.25, 0.3) is 0 Å². The molecule has 7 nitrogen and oxygen atoms in total. The van der Waals surface area contributed by atoms with E-state index in [1.54, 1.807) is 17.0 Å². The van der Waals surface area contributed by atoms with Crippen molar-refractivity contribution in [1.82, 2.24) is 10.2 Å². The van der Waals surface area contributed by atoms with E-state index in [1.165, 1.54) is 11.3 Å². The monoisotopic (exact) mass is 392 g/mol. The molecule has 9 heteroatoms. The number of aromatic nitrogens is 2. The first kappa shape index (κ1) is 17.4.